The molecule has 6 heteroatoms. The highest BCUT2D eigenvalue weighted by Gasteiger charge is 2.34. The van der Waals surface area contributed by atoms with Crippen LogP contribution in [-0.4, -0.2) is 25.4 Å². The number of aldehydes is 1. The normalized spacial score (nSPS) is 16.4. The first-order valence-corrected chi connectivity index (χ1v) is 7.43. The van der Waals surface area contributed by atoms with Crippen LogP contribution in [-0.2, 0) is 11.3 Å². The maximum absolute atomic E-state index is 14.0. The van der Waals surface area contributed by atoms with E-state index in [1.165, 1.54) is 30.2 Å². The molecule has 1 aliphatic rings. The number of fused-ring (bicyclic) bond motifs is 1. The number of halogens is 1. The lowest BCUT2D eigenvalue weighted by Gasteiger charge is -2.34. The molecule has 2 aromatic rings. The van der Waals surface area contributed by atoms with Gasteiger partial charge < -0.3 is 14.4 Å². The van der Waals surface area contributed by atoms with Crippen LogP contribution in [0.25, 0.3) is 0 Å². The van der Waals surface area contributed by atoms with Gasteiger partial charge >= 0.3 is 0 Å². The Labute approximate surface area is 138 Å². The van der Waals surface area contributed by atoms with E-state index >= 15 is 0 Å². The summed E-state index contributed by atoms with van der Waals surface area (Å²) in [6.07, 6.45) is -0.0766. The molecule has 1 amide bonds. The summed E-state index contributed by atoms with van der Waals surface area (Å²) in [6.45, 7) is 1.66. The van der Waals surface area contributed by atoms with E-state index in [0.29, 0.717) is 34.6 Å². The zero-order valence-electron chi connectivity index (χ0n) is 13.3. The van der Waals surface area contributed by atoms with Crippen molar-refractivity contribution in [2.75, 3.05) is 12.0 Å². The summed E-state index contributed by atoms with van der Waals surface area (Å²) in [6, 6.07) is 9.32. The van der Waals surface area contributed by atoms with Gasteiger partial charge in [0, 0.05) is 11.1 Å². The van der Waals surface area contributed by atoms with Gasteiger partial charge in [-0.05, 0) is 25.1 Å². The number of hydrogen-bond donors (Lipinski definition) is 0. The molecule has 24 heavy (non-hydrogen) atoms. The predicted octanol–water partition coefficient (Wildman–Crippen LogP) is 2.96. The topological polar surface area (TPSA) is 55.8 Å². The molecule has 0 N–H and O–H groups in total. The molecule has 0 spiro atoms. The standard InChI is InChI=1S/C18H16FNO4/c1-11-18(22)20(9-13-5-3-4-6-14(13)19)15-7-12(10-21)8-16(23-2)17(15)24-11/h3-8,10-11H,9H2,1-2H3. The van der Waals surface area contributed by atoms with E-state index in [1.807, 2.05) is 0 Å². The summed E-state index contributed by atoms with van der Waals surface area (Å²) in [4.78, 5) is 25.1. The summed E-state index contributed by atoms with van der Waals surface area (Å²) < 4.78 is 24.9. The fourth-order valence-electron chi connectivity index (χ4n) is 2.67. The number of carbonyl (C=O) groups is 2. The van der Waals surface area contributed by atoms with Gasteiger partial charge in [-0.15, -0.1) is 0 Å². The van der Waals surface area contributed by atoms with Crippen molar-refractivity contribution >= 4 is 17.9 Å². The Morgan fingerprint density at radius 3 is 2.75 bits per heavy atom. The molecule has 0 aromatic heterocycles. The van der Waals surface area contributed by atoms with Crippen molar-refractivity contribution in [3.63, 3.8) is 0 Å². The second kappa shape index (κ2) is 6.31. The number of benzene rings is 2. The van der Waals surface area contributed by atoms with Crippen LogP contribution >= 0.6 is 0 Å². The van der Waals surface area contributed by atoms with Crippen LogP contribution in [0.5, 0.6) is 11.5 Å². The van der Waals surface area contributed by atoms with Gasteiger partial charge in [0.1, 0.15) is 12.1 Å². The third-order valence-electron chi connectivity index (χ3n) is 3.90. The minimum Gasteiger partial charge on any atom is -0.493 e. The Morgan fingerprint density at radius 1 is 1.33 bits per heavy atom. The van der Waals surface area contributed by atoms with E-state index in [9.17, 15) is 14.0 Å². The Morgan fingerprint density at radius 2 is 2.08 bits per heavy atom. The van der Waals surface area contributed by atoms with Crippen molar-refractivity contribution in [3.05, 3.63) is 53.3 Å². The summed E-state index contributed by atoms with van der Waals surface area (Å²) in [5.41, 5.74) is 1.11. The van der Waals surface area contributed by atoms with Crippen LogP contribution in [0, 0.1) is 5.82 Å². The van der Waals surface area contributed by atoms with E-state index in [0.717, 1.165) is 0 Å². The molecule has 0 aliphatic carbocycles. The second-order valence-electron chi connectivity index (χ2n) is 5.47. The first kappa shape index (κ1) is 16.0. The van der Waals surface area contributed by atoms with Gasteiger partial charge in [-0.25, -0.2) is 4.39 Å². The van der Waals surface area contributed by atoms with E-state index < -0.39 is 11.9 Å². The summed E-state index contributed by atoms with van der Waals surface area (Å²) in [7, 11) is 1.45. The number of carbonyl (C=O) groups excluding carboxylic acids is 2. The molecule has 0 fully saturated rings. The zero-order chi connectivity index (χ0) is 17.3. The third kappa shape index (κ3) is 2.71. The molecule has 1 aliphatic heterocycles. The van der Waals surface area contributed by atoms with Crippen LogP contribution in [0.2, 0.25) is 0 Å². The first-order valence-electron chi connectivity index (χ1n) is 7.43. The van der Waals surface area contributed by atoms with Crippen molar-refractivity contribution in [2.24, 2.45) is 0 Å². The Kier molecular flexibility index (Phi) is 4.20. The minimum absolute atomic E-state index is 0.0394. The van der Waals surface area contributed by atoms with Crippen molar-refractivity contribution in [1.82, 2.24) is 0 Å². The maximum Gasteiger partial charge on any atom is 0.268 e. The van der Waals surface area contributed by atoms with E-state index in [-0.39, 0.29) is 12.5 Å². The molecule has 5 nitrogen and oxygen atoms in total. The molecule has 3 rings (SSSR count). The Balaban J connectivity index is 2.11. The lowest BCUT2D eigenvalue weighted by Crippen LogP contribution is -2.44. The Hall–Kier alpha value is -2.89. The van der Waals surface area contributed by atoms with Gasteiger partial charge in [-0.3, -0.25) is 9.59 Å². The van der Waals surface area contributed by atoms with Gasteiger partial charge in [0.15, 0.2) is 17.6 Å². The predicted molar refractivity (Wildman–Crippen MR) is 86.1 cm³/mol. The average molecular weight is 329 g/mol. The van der Waals surface area contributed by atoms with Crippen LogP contribution in [0.3, 0.4) is 0 Å². The molecule has 0 bridgehead atoms. The quantitative estimate of drug-likeness (QED) is 0.809. The van der Waals surface area contributed by atoms with Crippen molar-refractivity contribution < 1.29 is 23.5 Å². The summed E-state index contributed by atoms with van der Waals surface area (Å²) in [5, 5.41) is 0. The summed E-state index contributed by atoms with van der Waals surface area (Å²) >= 11 is 0. The van der Waals surface area contributed by atoms with E-state index in [4.69, 9.17) is 9.47 Å². The molecular weight excluding hydrogens is 313 g/mol. The number of methoxy groups -OCH3 is 1. The number of rotatable bonds is 4. The van der Waals surface area contributed by atoms with Gasteiger partial charge in [-0.2, -0.15) is 0 Å². The lowest BCUT2D eigenvalue weighted by molar-refractivity contribution is -0.125. The molecule has 1 heterocycles. The molecule has 1 atom stereocenters. The highest BCUT2D eigenvalue weighted by Crippen LogP contribution is 2.43. The van der Waals surface area contributed by atoms with Crippen molar-refractivity contribution in [1.29, 1.82) is 0 Å². The van der Waals surface area contributed by atoms with Crippen LogP contribution in [0.15, 0.2) is 36.4 Å². The van der Waals surface area contributed by atoms with Gasteiger partial charge in [0.25, 0.3) is 5.91 Å². The number of ether oxygens (including phenoxy) is 2. The summed E-state index contributed by atoms with van der Waals surface area (Å²) in [5.74, 6) is 0.0133. The maximum atomic E-state index is 14.0. The number of amides is 1. The molecular formula is C18H16FNO4. The SMILES string of the molecule is COc1cc(C=O)cc2c1OC(C)C(=O)N2Cc1ccccc1F. The molecule has 124 valence electrons. The molecule has 0 saturated carbocycles. The molecule has 2 aromatic carbocycles. The fourth-order valence-corrected chi connectivity index (χ4v) is 2.67. The smallest absolute Gasteiger partial charge is 0.268 e. The number of anilines is 1. The van der Waals surface area contributed by atoms with Gasteiger partial charge in [0.2, 0.25) is 0 Å². The van der Waals surface area contributed by atoms with Gasteiger partial charge in [-0.1, -0.05) is 18.2 Å². The lowest BCUT2D eigenvalue weighted by atomic mass is 10.1. The highest BCUT2D eigenvalue weighted by molar-refractivity contribution is 6.01. The molecule has 0 saturated heterocycles. The molecule has 1 unspecified atom stereocenters. The highest BCUT2D eigenvalue weighted by atomic mass is 19.1. The minimum atomic E-state index is -0.736. The monoisotopic (exact) mass is 329 g/mol. The van der Waals surface area contributed by atoms with Gasteiger partial charge in [0.05, 0.1) is 19.3 Å². The van der Waals surface area contributed by atoms with Crippen molar-refractivity contribution in [3.8, 4) is 11.5 Å². The second-order valence-corrected chi connectivity index (χ2v) is 5.47. The average Bonchev–Trinajstić information content (AvgIpc) is 2.59. The van der Waals surface area contributed by atoms with E-state index in [2.05, 4.69) is 0 Å². The first-order chi connectivity index (χ1) is 11.5. The van der Waals surface area contributed by atoms with Crippen LogP contribution in [0.1, 0.15) is 22.8 Å². The third-order valence-corrected chi connectivity index (χ3v) is 3.90. The van der Waals surface area contributed by atoms with E-state index in [1.54, 1.807) is 25.1 Å². The zero-order valence-corrected chi connectivity index (χ0v) is 13.3. The molecule has 0 radical (unpaired) electrons. The van der Waals surface area contributed by atoms with Crippen LogP contribution in [0.4, 0.5) is 10.1 Å². The fraction of sp³-hybridized carbons (Fsp3) is 0.222. The number of hydrogen-bond acceptors (Lipinski definition) is 4. The Bertz CT molecular complexity index is 806. The number of nitrogens with zero attached hydrogens (tertiary/aromatic N) is 1. The largest absolute Gasteiger partial charge is 0.493 e. The van der Waals surface area contributed by atoms with Crippen molar-refractivity contribution in [2.45, 2.75) is 19.6 Å². The van der Waals surface area contributed by atoms with Crippen LogP contribution < -0.4 is 14.4 Å².